The molecule has 1 aromatic heterocycles. The summed E-state index contributed by atoms with van der Waals surface area (Å²) in [5, 5.41) is 2.68. The van der Waals surface area contributed by atoms with Gasteiger partial charge in [-0.2, -0.15) is 0 Å². The second-order valence-corrected chi connectivity index (χ2v) is 6.88. The summed E-state index contributed by atoms with van der Waals surface area (Å²) in [6.45, 7) is 3.59. The fourth-order valence-corrected chi connectivity index (χ4v) is 3.04. The summed E-state index contributed by atoms with van der Waals surface area (Å²) < 4.78 is 4.92. The number of hydrogen-bond acceptors (Lipinski definition) is 5. The van der Waals surface area contributed by atoms with Crippen molar-refractivity contribution in [2.75, 3.05) is 11.9 Å². The van der Waals surface area contributed by atoms with Crippen molar-refractivity contribution in [2.45, 2.75) is 33.1 Å². The van der Waals surface area contributed by atoms with Gasteiger partial charge >= 0.3 is 5.97 Å². The van der Waals surface area contributed by atoms with Crippen LogP contribution in [0.5, 0.6) is 0 Å². The van der Waals surface area contributed by atoms with E-state index in [0.29, 0.717) is 10.6 Å². The molecule has 132 valence electrons. The molecule has 0 spiro atoms. The molecule has 0 atom stereocenters. The Morgan fingerprint density at radius 3 is 2.60 bits per heavy atom. The third kappa shape index (κ3) is 6.15. The van der Waals surface area contributed by atoms with Crippen molar-refractivity contribution >= 4 is 34.7 Å². The van der Waals surface area contributed by atoms with Crippen LogP contribution in [0.2, 0.25) is 0 Å². The van der Waals surface area contributed by atoms with Gasteiger partial charge in [-0.15, -0.1) is 11.3 Å². The number of aryl methyl sites for hydroxylation is 2. The van der Waals surface area contributed by atoms with Gasteiger partial charge in [0.1, 0.15) is 0 Å². The molecule has 0 bridgehead atoms. The highest BCUT2D eigenvalue weighted by Gasteiger charge is 2.13. The van der Waals surface area contributed by atoms with Crippen LogP contribution in [0, 0.1) is 6.92 Å². The van der Waals surface area contributed by atoms with Crippen LogP contribution in [0.25, 0.3) is 0 Å². The Morgan fingerprint density at radius 2 is 1.92 bits per heavy atom. The lowest BCUT2D eigenvalue weighted by Gasteiger charge is -2.07. The third-order valence-electron chi connectivity index (χ3n) is 3.55. The van der Waals surface area contributed by atoms with E-state index in [-0.39, 0.29) is 25.2 Å². The number of esters is 1. The highest BCUT2D eigenvalue weighted by Crippen LogP contribution is 2.17. The van der Waals surface area contributed by atoms with E-state index in [9.17, 15) is 14.4 Å². The Balaban J connectivity index is 1.72. The van der Waals surface area contributed by atoms with Gasteiger partial charge in [0.25, 0.3) is 5.91 Å². The number of anilines is 1. The van der Waals surface area contributed by atoms with Crippen LogP contribution in [0.3, 0.4) is 0 Å². The number of rotatable bonds is 8. The monoisotopic (exact) mass is 359 g/mol. The van der Waals surface area contributed by atoms with Crippen molar-refractivity contribution in [2.24, 2.45) is 0 Å². The van der Waals surface area contributed by atoms with Gasteiger partial charge in [-0.3, -0.25) is 14.4 Å². The van der Waals surface area contributed by atoms with Gasteiger partial charge in [0, 0.05) is 17.0 Å². The third-order valence-corrected chi connectivity index (χ3v) is 4.60. The maximum Gasteiger partial charge on any atom is 0.306 e. The van der Waals surface area contributed by atoms with Gasteiger partial charge < -0.3 is 10.1 Å². The zero-order chi connectivity index (χ0) is 18.2. The number of ketones is 1. The summed E-state index contributed by atoms with van der Waals surface area (Å²) in [5.41, 5.74) is 1.78. The molecule has 5 nitrogen and oxygen atoms in total. The van der Waals surface area contributed by atoms with Crippen molar-refractivity contribution in [3.05, 3.63) is 51.7 Å². The van der Waals surface area contributed by atoms with Crippen molar-refractivity contribution in [3.63, 3.8) is 0 Å². The first-order chi connectivity index (χ1) is 12.0. The normalized spacial score (nSPS) is 10.3. The molecule has 0 saturated heterocycles. The number of carbonyl (C=O) groups is 3. The fraction of sp³-hybridized carbons (Fsp3) is 0.316. The maximum atomic E-state index is 11.9. The Kier molecular flexibility index (Phi) is 6.89. The summed E-state index contributed by atoms with van der Waals surface area (Å²) in [4.78, 5) is 37.1. The van der Waals surface area contributed by atoms with Crippen LogP contribution in [0.15, 0.2) is 36.4 Å². The molecule has 0 aliphatic rings. The standard InChI is InChI=1S/C19H21NO4S/c1-3-14-5-4-6-15(11-14)20-18(22)12-24-19(23)10-8-16(21)17-9-7-13(2)25-17/h4-7,9,11H,3,8,10,12H2,1-2H3,(H,20,22). The summed E-state index contributed by atoms with van der Waals surface area (Å²) >= 11 is 1.40. The summed E-state index contributed by atoms with van der Waals surface area (Å²) in [7, 11) is 0. The fourth-order valence-electron chi connectivity index (χ4n) is 2.21. The van der Waals surface area contributed by atoms with Gasteiger partial charge in [-0.1, -0.05) is 19.1 Å². The smallest absolute Gasteiger partial charge is 0.306 e. The van der Waals surface area contributed by atoms with E-state index in [1.807, 2.05) is 38.1 Å². The van der Waals surface area contributed by atoms with Crippen molar-refractivity contribution in [1.29, 1.82) is 0 Å². The second-order valence-electron chi connectivity index (χ2n) is 5.60. The van der Waals surface area contributed by atoms with Crippen molar-refractivity contribution in [3.8, 4) is 0 Å². The van der Waals surface area contributed by atoms with Gasteiger partial charge in [0.05, 0.1) is 11.3 Å². The van der Waals surface area contributed by atoms with Gasteiger partial charge in [-0.25, -0.2) is 0 Å². The Labute approximate surface area is 151 Å². The van der Waals surface area contributed by atoms with Crippen LogP contribution in [-0.4, -0.2) is 24.3 Å². The Morgan fingerprint density at radius 1 is 1.12 bits per heavy atom. The first kappa shape index (κ1) is 18.9. The minimum Gasteiger partial charge on any atom is -0.456 e. The number of carbonyl (C=O) groups excluding carboxylic acids is 3. The molecule has 1 N–H and O–H groups in total. The predicted molar refractivity (Wildman–Crippen MR) is 98.0 cm³/mol. The average molecular weight is 359 g/mol. The molecule has 6 heteroatoms. The molecule has 0 fully saturated rings. The first-order valence-electron chi connectivity index (χ1n) is 8.12. The molecule has 1 amide bonds. The number of benzene rings is 1. The van der Waals surface area contributed by atoms with E-state index in [0.717, 1.165) is 16.9 Å². The van der Waals surface area contributed by atoms with E-state index in [1.54, 1.807) is 12.1 Å². The predicted octanol–water partition coefficient (Wildman–Crippen LogP) is 3.76. The highest BCUT2D eigenvalue weighted by molar-refractivity contribution is 7.14. The van der Waals surface area contributed by atoms with Gasteiger partial charge in [-0.05, 0) is 43.2 Å². The minimum absolute atomic E-state index is 0.0334. The highest BCUT2D eigenvalue weighted by atomic mass is 32.1. The van der Waals surface area contributed by atoms with Crippen LogP contribution in [0.4, 0.5) is 5.69 Å². The average Bonchev–Trinajstić information content (AvgIpc) is 3.04. The van der Waals surface area contributed by atoms with Gasteiger partial charge in [0.15, 0.2) is 12.4 Å². The SMILES string of the molecule is CCc1cccc(NC(=O)COC(=O)CCC(=O)c2ccc(C)s2)c1. The first-order valence-corrected chi connectivity index (χ1v) is 8.93. The van der Waals surface area contributed by atoms with E-state index >= 15 is 0 Å². The lowest BCUT2D eigenvalue weighted by atomic mass is 10.1. The molecule has 0 unspecified atom stereocenters. The number of ether oxygens (including phenoxy) is 1. The lowest BCUT2D eigenvalue weighted by Crippen LogP contribution is -2.21. The number of hydrogen-bond donors (Lipinski definition) is 1. The molecule has 1 heterocycles. The van der Waals surface area contributed by atoms with E-state index < -0.39 is 11.9 Å². The van der Waals surface area contributed by atoms with E-state index in [1.165, 1.54) is 11.3 Å². The van der Waals surface area contributed by atoms with Crippen molar-refractivity contribution < 1.29 is 19.1 Å². The summed E-state index contributed by atoms with van der Waals surface area (Å²) in [5.74, 6) is -1.04. The molecule has 2 rings (SSSR count). The molecule has 0 aliphatic heterocycles. The zero-order valence-electron chi connectivity index (χ0n) is 14.3. The molecule has 0 radical (unpaired) electrons. The largest absolute Gasteiger partial charge is 0.456 e. The zero-order valence-corrected chi connectivity index (χ0v) is 15.2. The number of amides is 1. The minimum atomic E-state index is -0.556. The molecule has 0 aliphatic carbocycles. The second kappa shape index (κ2) is 9.13. The topological polar surface area (TPSA) is 72.5 Å². The Hall–Kier alpha value is -2.47. The van der Waals surface area contributed by atoms with Crippen LogP contribution >= 0.6 is 11.3 Å². The molecule has 2 aromatic rings. The summed E-state index contributed by atoms with van der Waals surface area (Å²) in [6.07, 6.45) is 0.920. The molecular weight excluding hydrogens is 338 g/mol. The molecule has 0 saturated carbocycles. The van der Waals surface area contributed by atoms with Crippen LogP contribution in [0.1, 0.15) is 39.9 Å². The van der Waals surface area contributed by atoms with Crippen LogP contribution < -0.4 is 5.32 Å². The maximum absolute atomic E-state index is 11.9. The Bertz CT molecular complexity index is 766. The molecule has 1 aromatic carbocycles. The molecule has 25 heavy (non-hydrogen) atoms. The number of Topliss-reactive ketones (excluding diaryl/α,β-unsaturated/α-hetero) is 1. The number of thiophene rings is 1. The lowest BCUT2D eigenvalue weighted by molar-refractivity contribution is -0.147. The van der Waals surface area contributed by atoms with E-state index in [4.69, 9.17) is 4.74 Å². The molecular formula is C19H21NO4S. The van der Waals surface area contributed by atoms with Crippen LogP contribution in [-0.2, 0) is 20.7 Å². The van der Waals surface area contributed by atoms with Crippen molar-refractivity contribution in [1.82, 2.24) is 0 Å². The van der Waals surface area contributed by atoms with Gasteiger partial charge in [0.2, 0.25) is 0 Å². The van der Waals surface area contributed by atoms with E-state index in [2.05, 4.69) is 5.32 Å². The summed E-state index contributed by atoms with van der Waals surface area (Å²) in [6, 6.07) is 11.1. The number of nitrogens with one attached hydrogen (secondary N) is 1. The quantitative estimate of drug-likeness (QED) is 0.575.